The summed E-state index contributed by atoms with van der Waals surface area (Å²) >= 11 is 0. The molecular weight excluding hydrogens is 376 g/mol. The van der Waals surface area contributed by atoms with Crippen LogP contribution in [0.5, 0.6) is 5.75 Å². The van der Waals surface area contributed by atoms with Crippen LogP contribution in [0.4, 0.5) is 0 Å². The zero-order valence-electron chi connectivity index (χ0n) is 17.5. The molecule has 0 spiro atoms. The van der Waals surface area contributed by atoms with E-state index in [0.717, 1.165) is 35.1 Å². The van der Waals surface area contributed by atoms with Crippen LogP contribution in [0.25, 0.3) is 11.5 Å². The molecular formula is C24H28N4O2. The lowest BCUT2D eigenvalue weighted by Gasteiger charge is -2.14. The van der Waals surface area contributed by atoms with Gasteiger partial charge in [-0.3, -0.25) is 4.99 Å². The number of hydrogen-bond donors (Lipinski definition) is 2. The summed E-state index contributed by atoms with van der Waals surface area (Å²) < 4.78 is 11.6. The lowest BCUT2D eigenvalue weighted by Crippen LogP contribution is -2.36. The van der Waals surface area contributed by atoms with Crippen LogP contribution in [0.3, 0.4) is 0 Å². The lowest BCUT2D eigenvalue weighted by molar-refractivity contribution is 0.296. The Bertz CT molecular complexity index is 990. The topological polar surface area (TPSA) is 71.7 Å². The molecule has 156 valence electrons. The van der Waals surface area contributed by atoms with Crippen LogP contribution in [-0.2, 0) is 13.1 Å². The van der Waals surface area contributed by atoms with Crippen LogP contribution in [-0.4, -0.2) is 24.6 Å². The minimum atomic E-state index is 0.523. The first-order chi connectivity index (χ1) is 14.7. The molecule has 0 atom stereocenters. The summed E-state index contributed by atoms with van der Waals surface area (Å²) in [6.45, 7) is 4.02. The number of ether oxygens (including phenoxy) is 1. The number of benzene rings is 2. The highest BCUT2D eigenvalue weighted by Gasteiger charge is 2.22. The minimum Gasteiger partial charge on any atom is -0.493 e. The SMILES string of the molecule is CN=C(NCc1coc(-c2ccc(C)cc2)n1)NCc1ccccc1OCC1CC1. The van der Waals surface area contributed by atoms with E-state index in [4.69, 9.17) is 9.15 Å². The van der Waals surface area contributed by atoms with Gasteiger partial charge in [-0.15, -0.1) is 0 Å². The highest BCUT2D eigenvalue weighted by Crippen LogP contribution is 2.30. The maximum Gasteiger partial charge on any atom is 0.226 e. The van der Waals surface area contributed by atoms with Gasteiger partial charge in [-0.25, -0.2) is 4.98 Å². The summed E-state index contributed by atoms with van der Waals surface area (Å²) in [7, 11) is 1.76. The molecule has 1 aromatic heterocycles. The molecule has 3 aromatic rings. The molecule has 2 N–H and O–H groups in total. The van der Waals surface area contributed by atoms with Gasteiger partial charge in [0, 0.05) is 24.7 Å². The third kappa shape index (κ3) is 5.41. The number of aryl methyl sites for hydroxylation is 1. The van der Waals surface area contributed by atoms with Gasteiger partial charge in [-0.05, 0) is 43.9 Å². The summed E-state index contributed by atoms with van der Waals surface area (Å²) in [6.07, 6.45) is 4.24. The molecule has 0 bridgehead atoms. The van der Waals surface area contributed by atoms with Crippen molar-refractivity contribution in [2.75, 3.05) is 13.7 Å². The monoisotopic (exact) mass is 404 g/mol. The van der Waals surface area contributed by atoms with E-state index in [1.807, 2.05) is 30.3 Å². The smallest absolute Gasteiger partial charge is 0.226 e. The Morgan fingerprint density at radius 1 is 1.10 bits per heavy atom. The second kappa shape index (κ2) is 9.48. The second-order valence-corrected chi connectivity index (χ2v) is 7.65. The quantitative estimate of drug-likeness (QED) is 0.433. The van der Waals surface area contributed by atoms with E-state index >= 15 is 0 Å². The number of oxazole rings is 1. The van der Waals surface area contributed by atoms with Gasteiger partial charge in [0.2, 0.25) is 5.89 Å². The number of rotatable bonds is 8. The van der Waals surface area contributed by atoms with E-state index in [0.29, 0.717) is 24.9 Å². The molecule has 1 aliphatic carbocycles. The average molecular weight is 405 g/mol. The number of nitrogens with zero attached hydrogens (tertiary/aromatic N) is 2. The first kappa shape index (κ1) is 20.0. The third-order valence-corrected chi connectivity index (χ3v) is 5.10. The molecule has 0 unspecified atom stereocenters. The highest BCUT2D eigenvalue weighted by molar-refractivity contribution is 5.79. The largest absolute Gasteiger partial charge is 0.493 e. The normalized spacial score (nSPS) is 13.9. The van der Waals surface area contributed by atoms with Crippen LogP contribution in [0.1, 0.15) is 29.7 Å². The van der Waals surface area contributed by atoms with E-state index in [-0.39, 0.29) is 0 Å². The molecule has 0 saturated heterocycles. The predicted octanol–water partition coefficient (Wildman–Crippen LogP) is 4.30. The van der Waals surface area contributed by atoms with Crippen molar-refractivity contribution in [3.05, 3.63) is 71.6 Å². The first-order valence-corrected chi connectivity index (χ1v) is 10.4. The van der Waals surface area contributed by atoms with Crippen molar-refractivity contribution in [1.29, 1.82) is 0 Å². The van der Waals surface area contributed by atoms with Crippen molar-refractivity contribution in [2.45, 2.75) is 32.9 Å². The van der Waals surface area contributed by atoms with Gasteiger partial charge in [0.25, 0.3) is 0 Å². The van der Waals surface area contributed by atoms with Crippen LogP contribution < -0.4 is 15.4 Å². The summed E-state index contributed by atoms with van der Waals surface area (Å²) in [5.41, 5.74) is 4.12. The van der Waals surface area contributed by atoms with Crippen LogP contribution >= 0.6 is 0 Å². The fourth-order valence-corrected chi connectivity index (χ4v) is 3.07. The summed E-state index contributed by atoms with van der Waals surface area (Å²) in [5.74, 6) is 2.99. The van der Waals surface area contributed by atoms with E-state index in [9.17, 15) is 0 Å². The molecule has 2 aromatic carbocycles. The first-order valence-electron chi connectivity index (χ1n) is 10.4. The van der Waals surface area contributed by atoms with E-state index in [1.54, 1.807) is 13.3 Å². The van der Waals surface area contributed by atoms with Crippen LogP contribution in [0.2, 0.25) is 0 Å². The van der Waals surface area contributed by atoms with Crippen molar-refractivity contribution in [3.63, 3.8) is 0 Å². The zero-order chi connectivity index (χ0) is 20.8. The van der Waals surface area contributed by atoms with Gasteiger partial charge in [0.05, 0.1) is 18.8 Å². The second-order valence-electron chi connectivity index (χ2n) is 7.65. The van der Waals surface area contributed by atoms with Gasteiger partial charge >= 0.3 is 0 Å². The summed E-state index contributed by atoms with van der Waals surface area (Å²) in [5, 5.41) is 6.63. The van der Waals surface area contributed by atoms with Crippen molar-refractivity contribution in [1.82, 2.24) is 15.6 Å². The predicted molar refractivity (Wildman–Crippen MR) is 118 cm³/mol. The van der Waals surface area contributed by atoms with Crippen molar-refractivity contribution < 1.29 is 9.15 Å². The number of nitrogens with one attached hydrogen (secondary N) is 2. The lowest BCUT2D eigenvalue weighted by atomic mass is 10.1. The van der Waals surface area contributed by atoms with E-state index in [2.05, 4.69) is 45.7 Å². The van der Waals surface area contributed by atoms with Crippen molar-refractivity contribution >= 4 is 5.96 Å². The maximum atomic E-state index is 5.99. The maximum absolute atomic E-state index is 5.99. The van der Waals surface area contributed by atoms with E-state index in [1.165, 1.54) is 18.4 Å². The molecule has 0 radical (unpaired) electrons. The van der Waals surface area contributed by atoms with Crippen LogP contribution in [0, 0.1) is 12.8 Å². The molecule has 6 heteroatoms. The Kier molecular flexibility index (Phi) is 6.32. The summed E-state index contributed by atoms with van der Waals surface area (Å²) in [6, 6.07) is 16.3. The molecule has 4 rings (SSSR count). The Labute approximate surface area is 177 Å². The van der Waals surface area contributed by atoms with Gasteiger partial charge in [-0.1, -0.05) is 35.9 Å². The number of aromatic nitrogens is 1. The molecule has 0 aliphatic heterocycles. The van der Waals surface area contributed by atoms with Gasteiger partial charge in [0.15, 0.2) is 5.96 Å². The van der Waals surface area contributed by atoms with Gasteiger partial charge in [0.1, 0.15) is 12.0 Å². The molecule has 1 saturated carbocycles. The minimum absolute atomic E-state index is 0.523. The fourth-order valence-electron chi connectivity index (χ4n) is 3.07. The number of guanidine groups is 1. The standard InChI is InChI=1S/C24H28N4O2/c1-17-7-11-19(12-8-17)23-28-21(16-30-23)14-27-24(25-2)26-13-20-5-3-4-6-22(20)29-15-18-9-10-18/h3-8,11-12,16,18H,9-10,13-15H2,1-2H3,(H2,25,26,27). The Morgan fingerprint density at radius 2 is 1.87 bits per heavy atom. The molecule has 1 fully saturated rings. The Hall–Kier alpha value is -3.28. The van der Waals surface area contributed by atoms with Gasteiger partial charge in [-0.2, -0.15) is 0 Å². The molecule has 30 heavy (non-hydrogen) atoms. The van der Waals surface area contributed by atoms with Crippen LogP contribution in [0.15, 0.2) is 64.2 Å². The number of aliphatic imine (C=N–C) groups is 1. The number of hydrogen-bond acceptors (Lipinski definition) is 4. The van der Waals surface area contributed by atoms with Crippen molar-refractivity contribution in [2.24, 2.45) is 10.9 Å². The summed E-state index contributed by atoms with van der Waals surface area (Å²) in [4.78, 5) is 8.87. The Morgan fingerprint density at radius 3 is 2.63 bits per heavy atom. The molecule has 1 heterocycles. The zero-order valence-corrected chi connectivity index (χ0v) is 17.5. The average Bonchev–Trinajstić information content (AvgIpc) is 3.49. The highest BCUT2D eigenvalue weighted by atomic mass is 16.5. The molecule has 6 nitrogen and oxygen atoms in total. The molecule has 1 aliphatic rings. The fraction of sp³-hybridized carbons (Fsp3) is 0.333. The van der Waals surface area contributed by atoms with E-state index < -0.39 is 0 Å². The third-order valence-electron chi connectivity index (χ3n) is 5.10. The molecule has 0 amide bonds. The Balaban J connectivity index is 1.30. The number of para-hydroxylation sites is 1. The van der Waals surface area contributed by atoms with Gasteiger partial charge < -0.3 is 19.8 Å². The van der Waals surface area contributed by atoms with Crippen molar-refractivity contribution in [3.8, 4) is 17.2 Å².